The summed E-state index contributed by atoms with van der Waals surface area (Å²) in [6.07, 6.45) is 2.15. The summed E-state index contributed by atoms with van der Waals surface area (Å²) in [5.41, 5.74) is 0.126. The number of pyridine rings is 1. The van der Waals surface area contributed by atoms with Crippen LogP contribution in [0.4, 0.5) is 17.3 Å². The highest BCUT2D eigenvalue weighted by molar-refractivity contribution is 8.00. The Morgan fingerprint density at radius 2 is 1.64 bits per heavy atom. The van der Waals surface area contributed by atoms with Gasteiger partial charge in [-0.15, -0.1) is 0 Å². The summed E-state index contributed by atoms with van der Waals surface area (Å²) < 4.78 is 0. The van der Waals surface area contributed by atoms with Crippen molar-refractivity contribution < 1.29 is 4.92 Å². The molecule has 0 spiro atoms. The number of thioether (sulfide) groups is 2. The van der Waals surface area contributed by atoms with E-state index >= 15 is 0 Å². The first kappa shape index (κ1) is 18.6. The third-order valence-electron chi connectivity index (χ3n) is 4.80. The molecule has 8 heteroatoms. The highest BCUT2D eigenvalue weighted by Gasteiger charge is 2.26. The van der Waals surface area contributed by atoms with Gasteiger partial charge >= 0.3 is 5.69 Å². The second-order valence-electron chi connectivity index (χ2n) is 6.68. The number of anilines is 2. The van der Waals surface area contributed by atoms with Gasteiger partial charge in [0.05, 0.1) is 4.92 Å². The Kier molecular flexibility index (Phi) is 6.33. The van der Waals surface area contributed by atoms with Gasteiger partial charge in [0.1, 0.15) is 5.82 Å². The molecule has 0 saturated carbocycles. The first-order chi connectivity index (χ1) is 12.0. The van der Waals surface area contributed by atoms with Gasteiger partial charge in [0.2, 0.25) is 5.82 Å². The smallest absolute Gasteiger partial charge is 0.311 e. The lowest BCUT2D eigenvalue weighted by molar-refractivity contribution is -0.384. The highest BCUT2D eigenvalue weighted by Crippen LogP contribution is 2.32. The third-order valence-corrected chi connectivity index (χ3v) is 7.24. The van der Waals surface area contributed by atoms with E-state index in [-0.39, 0.29) is 10.6 Å². The van der Waals surface area contributed by atoms with Crippen LogP contribution in [0.3, 0.4) is 0 Å². The molecule has 138 valence electrons. The second kappa shape index (κ2) is 8.49. The zero-order valence-electron chi connectivity index (χ0n) is 14.9. The van der Waals surface area contributed by atoms with Crippen LogP contribution in [0, 0.1) is 10.1 Å². The zero-order chi connectivity index (χ0) is 17.8. The minimum atomic E-state index is -0.298. The third kappa shape index (κ3) is 4.73. The van der Waals surface area contributed by atoms with Crippen molar-refractivity contribution in [3.05, 3.63) is 22.2 Å². The van der Waals surface area contributed by atoms with Gasteiger partial charge in [0.25, 0.3) is 0 Å². The van der Waals surface area contributed by atoms with Crippen molar-refractivity contribution >= 4 is 40.8 Å². The van der Waals surface area contributed by atoms with E-state index in [1.54, 1.807) is 6.07 Å². The van der Waals surface area contributed by atoms with E-state index in [9.17, 15) is 10.1 Å². The van der Waals surface area contributed by atoms with Crippen LogP contribution in [0.25, 0.3) is 0 Å². The maximum absolute atomic E-state index is 11.5. The van der Waals surface area contributed by atoms with Crippen LogP contribution in [0.1, 0.15) is 26.7 Å². The molecule has 2 unspecified atom stereocenters. The number of nitro groups is 1. The molecule has 2 fully saturated rings. The van der Waals surface area contributed by atoms with E-state index < -0.39 is 0 Å². The Labute approximate surface area is 157 Å². The molecule has 3 rings (SSSR count). The molecular formula is C17H26N4O2S2. The first-order valence-electron chi connectivity index (χ1n) is 8.93. The first-order valence-corrected chi connectivity index (χ1v) is 11.0. The van der Waals surface area contributed by atoms with E-state index in [0.717, 1.165) is 56.3 Å². The molecule has 0 N–H and O–H groups in total. The average Bonchev–Trinajstić information content (AvgIpc) is 2.94. The van der Waals surface area contributed by atoms with Crippen molar-refractivity contribution in [2.45, 2.75) is 37.2 Å². The standard InChI is InChI=1S/C17H26N4O2S2/c1-13-5-7-19(9-11-24-13)16-4-3-15(21(22)23)17(18-16)20-8-6-14(2)25-12-10-20/h3-4,13-14H,5-12H2,1-2H3. The van der Waals surface area contributed by atoms with Gasteiger partial charge in [-0.2, -0.15) is 23.5 Å². The van der Waals surface area contributed by atoms with Crippen LogP contribution in [0.2, 0.25) is 0 Å². The van der Waals surface area contributed by atoms with Crippen LogP contribution in [-0.2, 0) is 0 Å². The molecule has 2 saturated heterocycles. The Morgan fingerprint density at radius 1 is 1.04 bits per heavy atom. The maximum atomic E-state index is 11.5. The molecular weight excluding hydrogens is 356 g/mol. The SMILES string of the molecule is CC1CCN(c2ccc([N+](=O)[O-])c(N3CCSC(C)CC3)n2)CCS1. The molecule has 2 aliphatic rings. The minimum absolute atomic E-state index is 0.126. The summed E-state index contributed by atoms with van der Waals surface area (Å²) in [5, 5.41) is 12.8. The molecule has 2 atom stereocenters. The predicted octanol–water partition coefficient (Wildman–Crippen LogP) is 3.65. The van der Waals surface area contributed by atoms with Gasteiger partial charge in [-0.25, -0.2) is 4.98 Å². The van der Waals surface area contributed by atoms with Crippen LogP contribution in [-0.4, -0.2) is 58.1 Å². The summed E-state index contributed by atoms with van der Waals surface area (Å²) >= 11 is 3.92. The number of nitrogens with zero attached hydrogens (tertiary/aromatic N) is 4. The van der Waals surface area contributed by atoms with Gasteiger partial charge < -0.3 is 9.80 Å². The van der Waals surface area contributed by atoms with Crippen molar-refractivity contribution in [2.24, 2.45) is 0 Å². The number of rotatable bonds is 3. The van der Waals surface area contributed by atoms with E-state index in [0.29, 0.717) is 16.3 Å². The quantitative estimate of drug-likeness (QED) is 0.584. The van der Waals surface area contributed by atoms with Crippen LogP contribution >= 0.6 is 23.5 Å². The van der Waals surface area contributed by atoms with Crippen molar-refractivity contribution in [1.29, 1.82) is 0 Å². The molecule has 0 aromatic carbocycles. The molecule has 0 amide bonds. The summed E-state index contributed by atoms with van der Waals surface area (Å²) in [7, 11) is 0. The van der Waals surface area contributed by atoms with Crippen LogP contribution in [0.5, 0.6) is 0 Å². The lowest BCUT2D eigenvalue weighted by Crippen LogP contribution is -2.30. The van der Waals surface area contributed by atoms with Gasteiger partial charge in [-0.3, -0.25) is 10.1 Å². The normalized spacial score (nSPS) is 25.4. The molecule has 0 bridgehead atoms. The largest absolute Gasteiger partial charge is 0.356 e. The molecule has 25 heavy (non-hydrogen) atoms. The number of hydrogen-bond donors (Lipinski definition) is 0. The van der Waals surface area contributed by atoms with Crippen molar-refractivity contribution in [1.82, 2.24) is 4.98 Å². The van der Waals surface area contributed by atoms with Crippen LogP contribution < -0.4 is 9.80 Å². The Morgan fingerprint density at radius 3 is 2.28 bits per heavy atom. The fourth-order valence-corrected chi connectivity index (χ4v) is 5.22. The fraction of sp³-hybridized carbons (Fsp3) is 0.706. The molecule has 2 aliphatic heterocycles. The highest BCUT2D eigenvalue weighted by atomic mass is 32.2. The second-order valence-corrected chi connectivity index (χ2v) is 9.78. The van der Waals surface area contributed by atoms with Crippen molar-refractivity contribution in [2.75, 3.05) is 47.5 Å². The molecule has 6 nitrogen and oxygen atoms in total. The van der Waals surface area contributed by atoms with E-state index in [1.165, 1.54) is 0 Å². The molecule has 1 aromatic heterocycles. The number of aromatic nitrogens is 1. The molecule has 3 heterocycles. The lowest BCUT2D eigenvalue weighted by atomic mass is 10.2. The van der Waals surface area contributed by atoms with Gasteiger partial charge in [-0.05, 0) is 18.9 Å². The van der Waals surface area contributed by atoms with E-state index in [1.807, 2.05) is 29.6 Å². The molecule has 0 aliphatic carbocycles. The van der Waals surface area contributed by atoms with Gasteiger partial charge in [-0.1, -0.05) is 13.8 Å². The monoisotopic (exact) mass is 382 g/mol. The van der Waals surface area contributed by atoms with Crippen LogP contribution in [0.15, 0.2) is 12.1 Å². The van der Waals surface area contributed by atoms with Crippen molar-refractivity contribution in [3.63, 3.8) is 0 Å². The van der Waals surface area contributed by atoms with Gasteiger partial charge in [0.15, 0.2) is 0 Å². The summed E-state index contributed by atoms with van der Waals surface area (Å²) in [6.45, 7) is 8.05. The Hall–Kier alpha value is -1.15. The topological polar surface area (TPSA) is 62.5 Å². The number of hydrogen-bond acceptors (Lipinski definition) is 7. The summed E-state index contributed by atoms with van der Waals surface area (Å²) in [6, 6.07) is 3.46. The summed E-state index contributed by atoms with van der Waals surface area (Å²) in [4.78, 5) is 20.4. The van der Waals surface area contributed by atoms with Gasteiger partial charge in [0, 0.05) is 54.3 Å². The van der Waals surface area contributed by atoms with E-state index in [2.05, 4.69) is 23.6 Å². The summed E-state index contributed by atoms with van der Waals surface area (Å²) in [5.74, 6) is 3.48. The minimum Gasteiger partial charge on any atom is -0.356 e. The van der Waals surface area contributed by atoms with Crippen molar-refractivity contribution in [3.8, 4) is 0 Å². The van der Waals surface area contributed by atoms with E-state index in [4.69, 9.17) is 4.98 Å². The average molecular weight is 383 g/mol. The fourth-order valence-electron chi connectivity index (χ4n) is 3.22. The zero-order valence-corrected chi connectivity index (χ0v) is 16.5. The Bertz CT molecular complexity index is 616. The lowest BCUT2D eigenvalue weighted by Gasteiger charge is -2.25. The maximum Gasteiger partial charge on any atom is 0.311 e. The Balaban J connectivity index is 1.87. The molecule has 0 radical (unpaired) electrons. The predicted molar refractivity (Wildman–Crippen MR) is 108 cm³/mol. The molecule has 1 aromatic rings.